The molecular formula is C10H12ClNO2S. The van der Waals surface area contributed by atoms with Gasteiger partial charge < -0.3 is 4.90 Å². The van der Waals surface area contributed by atoms with Crippen molar-refractivity contribution in [1.29, 1.82) is 0 Å². The van der Waals surface area contributed by atoms with Gasteiger partial charge >= 0.3 is 0 Å². The van der Waals surface area contributed by atoms with Crippen LogP contribution < -0.4 is 4.90 Å². The zero-order chi connectivity index (χ0) is 11.1. The molecule has 1 aromatic rings. The highest BCUT2D eigenvalue weighted by Crippen LogP contribution is 2.28. The number of anilines is 1. The average Bonchev–Trinajstić information content (AvgIpc) is 2.45. The van der Waals surface area contributed by atoms with Crippen LogP contribution in [0.15, 0.2) is 18.2 Å². The largest absolute Gasteiger partial charge is 0.374 e. The first-order chi connectivity index (χ1) is 6.96. The molecule has 1 aliphatic rings. The van der Waals surface area contributed by atoms with E-state index in [1.165, 1.54) is 11.3 Å². The maximum atomic E-state index is 10.9. The van der Waals surface area contributed by atoms with Gasteiger partial charge in [0.15, 0.2) is 0 Å². The molecule has 0 bridgehead atoms. The molecule has 2 rings (SSSR count). The third-order valence-electron chi connectivity index (χ3n) is 2.61. The van der Waals surface area contributed by atoms with E-state index in [2.05, 4.69) is 4.90 Å². The highest BCUT2D eigenvalue weighted by Gasteiger charge is 2.16. The Morgan fingerprint density at radius 2 is 2.20 bits per heavy atom. The molecule has 0 aliphatic carbocycles. The van der Waals surface area contributed by atoms with Crippen LogP contribution in [0.2, 0.25) is 0 Å². The van der Waals surface area contributed by atoms with Crippen molar-refractivity contribution in [1.82, 2.24) is 0 Å². The lowest BCUT2D eigenvalue weighted by molar-refractivity contribution is 0.609. The normalized spacial score (nSPS) is 15.5. The molecule has 82 valence electrons. The van der Waals surface area contributed by atoms with E-state index in [1.54, 1.807) is 0 Å². The van der Waals surface area contributed by atoms with Gasteiger partial charge in [-0.15, -0.1) is 0 Å². The number of nitrogens with zero attached hydrogens (tertiary/aromatic N) is 1. The van der Waals surface area contributed by atoms with Crippen LogP contribution in [0.5, 0.6) is 0 Å². The van der Waals surface area contributed by atoms with Gasteiger partial charge in [0.05, 0.1) is 5.75 Å². The molecule has 0 saturated heterocycles. The maximum Gasteiger partial charge on any atom is 0.236 e. The van der Waals surface area contributed by atoms with Crippen molar-refractivity contribution < 1.29 is 8.42 Å². The van der Waals surface area contributed by atoms with Crippen LogP contribution in [-0.2, 0) is 21.2 Å². The summed E-state index contributed by atoms with van der Waals surface area (Å²) in [6.07, 6.45) is 0.974. The van der Waals surface area contributed by atoms with Crippen molar-refractivity contribution in [3.8, 4) is 0 Å². The summed E-state index contributed by atoms with van der Waals surface area (Å²) in [5, 5.41) is 0. The molecule has 0 saturated carbocycles. The molecule has 1 aliphatic heterocycles. The highest BCUT2D eigenvalue weighted by atomic mass is 35.7. The quantitative estimate of drug-likeness (QED) is 0.745. The van der Waals surface area contributed by atoms with Crippen LogP contribution in [0.3, 0.4) is 0 Å². The summed E-state index contributed by atoms with van der Waals surface area (Å²) in [4.78, 5) is 2.16. The van der Waals surface area contributed by atoms with Gasteiger partial charge in [0.25, 0.3) is 0 Å². The van der Waals surface area contributed by atoms with Gasteiger partial charge in [-0.3, -0.25) is 0 Å². The topological polar surface area (TPSA) is 37.4 Å². The first-order valence-electron chi connectivity index (χ1n) is 4.71. The molecule has 0 spiro atoms. The zero-order valence-corrected chi connectivity index (χ0v) is 9.98. The average molecular weight is 246 g/mol. The molecule has 1 aromatic carbocycles. The Bertz CT molecular complexity index is 484. The van der Waals surface area contributed by atoms with E-state index in [1.807, 2.05) is 25.2 Å². The summed E-state index contributed by atoms with van der Waals surface area (Å²) in [7, 11) is 3.79. The summed E-state index contributed by atoms with van der Waals surface area (Å²) >= 11 is 0. The van der Waals surface area contributed by atoms with E-state index in [4.69, 9.17) is 10.7 Å². The minimum Gasteiger partial charge on any atom is -0.374 e. The molecule has 0 aromatic heterocycles. The molecule has 0 fully saturated rings. The standard InChI is InChI=1S/C10H12ClNO2S/c1-12-5-4-9-6-8(2-3-10(9)12)7-15(11,13)14/h2-3,6H,4-5,7H2,1H3. The van der Waals surface area contributed by atoms with Crippen molar-refractivity contribution in [3.05, 3.63) is 29.3 Å². The number of benzene rings is 1. The summed E-state index contributed by atoms with van der Waals surface area (Å²) in [5.41, 5.74) is 3.15. The predicted molar refractivity (Wildman–Crippen MR) is 61.9 cm³/mol. The van der Waals surface area contributed by atoms with Gasteiger partial charge in [-0.05, 0) is 23.6 Å². The van der Waals surface area contributed by atoms with Crippen molar-refractivity contribution in [2.45, 2.75) is 12.2 Å². The highest BCUT2D eigenvalue weighted by molar-refractivity contribution is 8.13. The minimum absolute atomic E-state index is 0.0917. The monoisotopic (exact) mass is 245 g/mol. The van der Waals surface area contributed by atoms with Gasteiger partial charge in [-0.1, -0.05) is 12.1 Å². The van der Waals surface area contributed by atoms with E-state index in [0.717, 1.165) is 18.5 Å². The Balaban J connectivity index is 2.31. The minimum atomic E-state index is -3.45. The molecule has 0 amide bonds. The van der Waals surface area contributed by atoms with E-state index in [-0.39, 0.29) is 5.75 Å². The Kier molecular flexibility index (Phi) is 2.64. The predicted octanol–water partition coefficient (Wildman–Crippen LogP) is 1.75. The smallest absolute Gasteiger partial charge is 0.236 e. The number of halogens is 1. The lowest BCUT2D eigenvalue weighted by atomic mass is 10.1. The van der Waals surface area contributed by atoms with Crippen molar-refractivity contribution in [2.75, 3.05) is 18.5 Å². The van der Waals surface area contributed by atoms with E-state index in [0.29, 0.717) is 0 Å². The number of hydrogen-bond acceptors (Lipinski definition) is 3. The van der Waals surface area contributed by atoms with E-state index in [9.17, 15) is 8.42 Å². The molecule has 0 radical (unpaired) electrons. The third-order valence-corrected chi connectivity index (χ3v) is 3.62. The second-order valence-electron chi connectivity index (χ2n) is 3.82. The first-order valence-corrected chi connectivity index (χ1v) is 7.19. The lowest BCUT2D eigenvalue weighted by Crippen LogP contribution is -2.12. The van der Waals surface area contributed by atoms with Gasteiger partial charge in [0.2, 0.25) is 9.05 Å². The van der Waals surface area contributed by atoms with Crippen molar-refractivity contribution >= 4 is 25.4 Å². The van der Waals surface area contributed by atoms with E-state index >= 15 is 0 Å². The Hall–Kier alpha value is -0.740. The van der Waals surface area contributed by atoms with Crippen molar-refractivity contribution in [3.63, 3.8) is 0 Å². The molecule has 3 nitrogen and oxygen atoms in total. The molecule has 5 heteroatoms. The maximum absolute atomic E-state index is 10.9. The van der Waals surface area contributed by atoms with Crippen LogP contribution in [0.1, 0.15) is 11.1 Å². The van der Waals surface area contributed by atoms with Gasteiger partial charge in [0.1, 0.15) is 0 Å². The fraction of sp³-hybridized carbons (Fsp3) is 0.400. The van der Waals surface area contributed by atoms with Crippen LogP contribution in [0.25, 0.3) is 0 Å². The summed E-state index contributed by atoms with van der Waals surface area (Å²) < 4.78 is 21.8. The third kappa shape index (κ3) is 2.44. The number of fused-ring (bicyclic) bond motifs is 1. The SMILES string of the molecule is CN1CCc2cc(CS(=O)(=O)Cl)ccc21. The molecule has 0 atom stereocenters. The first kappa shape index (κ1) is 10.8. The summed E-state index contributed by atoms with van der Waals surface area (Å²) in [5.74, 6) is -0.0917. The molecule has 1 heterocycles. The van der Waals surface area contributed by atoms with Crippen molar-refractivity contribution in [2.24, 2.45) is 0 Å². The fourth-order valence-electron chi connectivity index (χ4n) is 1.91. The Labute approximate surface area is 94.1 Å². The number of likely N-dealkylation sites (N-methyl/N-ethyl adjacent to an activating group) is 1. The zero-order valence-electron chi connectivity index (χ0n) is 8.40. The lowest BCUT2D eigenvalue weighted by Gasteiger charge is -2.11. The Morgan fingerprint density at radius 1 is 1.47 bits per heavy atom. The molecule has 15 heavy (non-hydrogen) atoms. The molecule has 0 N–H and O–H groups in total. The van der Waals surface area contributed by atoms with Crippen LogP contribution >= 0.6 is 10.7 Å². The summed E-state index contributed by atoms with van der Waals surface area (Å²) in [6.45, 7) is 0.992. The van der Waals surface area contributed by atoms with Crippen LogP contribution in [0, 0.1) is 0 Å². The summed E-state index contributed by atoms with van der Waals surface area (Å²) in [6, 6.07) is 5.71. The number of rotatable bonds is 2. The second-order valence-corrected chi connectivity index (χ2v) is 6.59. The molecular weight excluding hydrogens is 234 g/mol. The van der Waals surface area contributed by atoms with Gasteiger partial charge in [0, 0.05) is 30.0 Å². The van der Waals surface area contributed by atoms with E-state index < -0.39 is 9.05 Å². The second kappa shape index (κ2) is 3.68. The van der Waals surface area contributed by atoms with Crippen LogP contribution in [-0.4, -0.2) is 22.0 Å². The van der Waals surface area contributed by atoms with Crippen LogP contribution in [0.4, 0.5) is 5.69 Å². The fourth-order valence-corrected chi connectivity index (χ4v) is 2.86. The molecule has 0 unspecified atom stereocenters. The Morgan fingerprint density at radius 3 is 2.87 bits per heavy atom. The van der Waals surface area contributed by atoms with Gasteiger partial charge in [-0.2, -0.15) is 0 Å². The van der Waals surface area contributed by atoms with Gasteiger partial charge in [-0.25, -0.2) is 8.42 Å². The number of hydrogen-bond donors (Lipinski definition) is 0.